The van der Waals surface area contributed by atoms with Crippen LogP contribution in [0.25, 0.3) is 11.3 Å². The smallest absolute Gasteiger partial charge is 0.276 e. The highest BCUT2D eigenvalue weighted by Crippen LogP contribution is 2.24. The van der Waals surface area contributed by atoms with Crippen molar-refractivity contribution in [3.63, 3.8) is 0 Å². The number of nitrogens with one attached hydrogen (secondary N) is 1. The molecule has 0 bridgehead atoms. The van der Waals surface area contributed by atoms with Crippen molar-refractivity contribution in [1.29, 1.82) is 0 Å². The van der Waals surface area contributed by atoms with Crippen LogP contribution < -0.4 is 5.32 Å². The number of hydrogen-bond acceptors (Lipinski definition) is 4. The summed E-state index contributed by atoms with van der Waals surface area (Å²) in [5.41, 5.74) is 0.355. The van der Waals surface area contributed by atoms with E-state index in [-0.39, 0.29) is 40.8 Å². The zero-order chi connectivity index (χ0) is 19.6. The van der Waals surface area contributed by atoms with E-state index in [9.17, 15) is 18.4 Å². The summed E-state index contributed by atoms with van der Waals surface area (Å²) in [6.07, 6.45) is 1.44. The van der Waals surface area contributed by atoms with E-state index in [1.807, 2.05) is 13.8 Å². The standard InChI is InChI=1S/C19H21F2N3O3/c1-11(2)22-18(25)13-4-3-7-24(10-13)19(26)16-9-17(27-23-16)12-5-6-14(20)15(21)8-12/h5-6,8-9,11,13H,3-4,7,10H2,1-2H3,(H,22,25). The van der Waals surface area contributed by atoms with Gasteiger partial charge in [-0.25, -0.2) is 8.78 Å². The van der Waals surface area contributed by atoms with Crippen LogP contribution in [0.2, 0.25) is 0 Å². The lowest BCUT2D eigenvalue weighted by Gasteiger charge is -2.31. The van der Waals surface area contributed by atoms with Crippen molar-refractivity contribution in [3.8, 4) is 11.3 Å². The highest BCUT2D eigenvalue weighted by atomic mass is 19.2. The second kappa shape index (κ2) is 7.85. The van der Waals surface area contributed by atoms with E-state index in [1.165, 1.54) is 12.1 Å². The van der Waals surface area contributed by atoms with E-state index in [0.717, 1.165) is 25.0 Å². The molecule has 1 aliphatic rings. The summed E-state index contributed by atoms with van der Waals surface area (Å²) in [4.78, 5) is 26.5. The van der Waals surface area contributed by atoms with Gasteiger partial charge in [0.25, 0.3) is 5.91 Å². The van der Waals surface area contributed by atoms with Crippen LogP contribution in [0, 0.1) is 17.6 Å². The lowest BCUT2D eigenvalue weighted by atomic mass is 9.96. The van der Waals surface area contributed by atoms with Crippen LogP contribution in [-0.2, 0) is 4.79 Å². The molecule has 2 aromatic rings. The lowest BCUT2D eigenvalue weighted by Crippen LogP contribution is -2.46. The summed E-state index contributed by atoms with van der Waals surface area (Å²) in [5, 5.41) is 6.63. The maximum atomic E-state index is 13.4. The highest BCUT2D eigenvalue weighted by molar-refractivity contribution is 5.93. The summed E-state index contributed by atoms with van der Waals surface area (Å²) < 4.78 is 31.6. The first-order valence-electron chi connectivity index (χ1n) is 8.87. The average Bonchev–Trinajstić information content (AvgIpc) is 3.13. The molecule has 0 saturated carbocycles. The number of likely N-dealkylation sites (tertiary alicyclic amines) is 1. The van der Waals surface area contributed by atoms with Crippen molar-refractivity contribution in [3.05, 3.63) is 41.6 Å². The minimum absolute atomic E-state index is 0.0396. The molecule has 2 amide bonds. The third-order valence-corrected chi connectivity index (χ3v) is 4.44. The summed E-state index contributed by atoms with van der Waals surface area (Å²) in [6, 6.07) is 4.75. The molecular formula is C19H21F2N3O3. The SMILES string of the molecule is CC(C)NC(=O)C1CCCN(C(=O)c2cc(-c3ccc(F)c(F)c3)on2)C1. The molecule has 0 spiro atoms. The number of hydrogen-bond donors (Lipinski definition) is 1. The van der Waals surface area contributed by atoms with Crippen LogP contribution in [0.4, 0.5) is 8.78 Å². The molecule has 1 N–H and O–H groups in total. The molecule has 1 aromatic carbocycles. The van der Waals surface area contributed by atoms with E-state index in [4.69, 9.17) is 4.52 Å². The molecule has 1 atom stereocenters. The first-order valence-corrected chi connectivity index (χ1v) is 8.87. The maximum absolute atomic E-state index is 13.4. The molecule has 1 unspecified atom stereocenters. The fraction of sp³-hybridized carbons (Fsp3) is 0.421. The molecule has 1 aliphatic heterocycles. The normalized spacial score (nSPS) is 17.2. The number of carbonyl (C=O) groups excluding carboxylic acids is 2. The fourth-order valence-electron chi connectivity index (χ4n) is 3.10. The van der Waals surface area contributed by atoms with E-state index < -0.39 is 11.6 Å². The van der Waals surface area contributed by atoms with Gasteiger partial charge in [0.2, 0.25) is 5.91 Å². The topological polar surface area (TPSA) is 75.4 Å². The Bertz CT molecular complexity index is 850. The summed E-state index contributed by atoms with van der Waals surface area (Å²) >= 11 is 0. The molecule has 27 heavy (non-hydrogen) atoms. The molecule has 144 valence electrons. The number of nitrogens with zero attached hydrogens (tertiary/aromatic N) is 2. The van der Waals surface area contributed by atoms with E-state index in [2.05, 4.69) is 10.5 Å². The first-order chi connectivity index (χ1) is 12.8. The Morgan fingerprint density at radius 2 is 2.04 bits per heavy atom. The van der Waals surface area contributed by atoms with Gasteiger partial charge in [-0.1, -0.05) is 5.16 Å². The van der Waals surface area contributed by atoms with Gasteiger partial charge in [-0.3, -0.25) is 9.59 Å². The highest BCUT2D eigenvalue weighted by Gasteiger charge is 2.30. The van der Waals surface area contributed by atoms with Gasteiger partial charge in [-0.2, -0.15) is 0 Å². The van der Waals surface area contributed by atoms with Crippen molar-refractivity contribution in [2.75, 3.05) is 13.1 Å². The second-order valence-corrected chi connectivity index (χ2v) is 6.96. The van der Waals surface area contributed by atoms with Gasteiger partial charge in [0.1, 0.15) is 0 Å². The Morgan fingerprint density at radius 3 is 2.74 bits per heavy atom. The molecule has 2 heterocycles. The molecule has 0 aliphatic carbocycles. The van der Waals surface area contributed by atoms with Crippen molar-refractivity contribution < 1.29 is 22.9 Å². The number of amides is 2. The Labute approximate surface area is 155 Å². The van der Waals surface area contributed by atoms with Crippen molar-refractivity contribution >= 4 is 11.8 Å². The van der Waals surface area contributed by atoms with Gasteiger partial charge in [0.15, 0.2) is 23.1 Å². The Morgan fingerprint density at radius 1 is 1.26 bits per heavy atom. The molecular weight excluding hydrogens is 356 g/mol. The van der Waals surface area contributed by atoms with Gasteiger partial charge in [0, 0.05) is 30.8 Å². The van der Waals surface area contributed by atoms with E-state index in [0.29, 0.717) is 13.1 Å². The number of piperidine rings is 1. The third-order valence-electron chi connectivity index (χ3n) is 4.44. The molecule has 1 fully saturated rings. The minimum Gasteiger partial charge on any atom is -0.355 e. The van der Waals surface area contributed by atoms with Gasteiger partial charge < -0.3 is 14.7 Å². The Hall–Kier alpha value is -2.77. The molecule has 6 nitrogen and oxygen atoms in total. The predicted octanol–water partition coefficient (Wildman–Crippen LogP) is 3.00. The molecule has 0 radical (unpaired) electrons. The molecule has 3 rings (SSSR count). The largest absolute Gasteiger partial charge is 0.355 e. The maximum Gasteiger partial charge on any atom is 0.276 e. The van der Waals surface area contributed by atoms with Gasteiger partial charge >= 0.3 is 0 Å². The zero-order valence-corrected chi connectivity index (χ0v) is 15.2. The number of rotatable bonds is 4. The second-order valence-electron chi connectivity index (χ2n) is 6.96. The molecule has 8 heteroatoms. The lowest BCUT2D eigenvalue weighted by molar-refractivity contribution is -0.126. The van der Waals surface area contributed by atoms with Crippen LogP contribution in [0.5, 0.6) is 0 Å². The third kappa shape index (κ3) is 4.32. The first kappa shape index (κ1) is 19.0. The fourth-order valence-corrected chi connectivity index (χ4v) is 3.10. The van der Waals surface area contributed by atoms with Crippen LogP contribution in [0.3, 0.4) is 0 Å². The monoisotopic (exact) mass is 377 g/mol. The summed E-state index contributed by atoms with van der Waals surface area (Å²) in [6.45, 7) is 4.61. The Balaban J connectivity index is 1.71. The van der Waals surface area contributed by atoms with Crippen LogP contribution in [0.1, 0.15) is 37.2 Å². The minimum atomic E-state index is -1.01. The number of benzene rings is 1. The van der Waals surface area contributed by atoms with Crippen molar-refractivity contribution in [1.82, 2.24) is 15.4 Å². The summed E-state index contributed by atoms with van der Waals surface area (Å²) in [5.74, 6) is -2.48. The van der Waals surface area contributed by atoms with Crippen LogP contribution in [0.15, 0.2) is 28.8 Å². The van der Waals surface area contributed by atoms with Gasteiger partial charge in [-0.15, -0.1) is 0 Å². The predicted molar refractivity (Wildman–Crippen MR) is 93.8 cm³/mol. The number of carbonyl (C=O) groups is 2. The van der Waals surface area contributed by atoms with E-state index >= 15 is 0 Å². The number of aromatic nitrogens is 1. The van der Waals surface area contributed by atoms with Crippen LogP contribution in [-0.4, -0.2) is 41.0 Å². The molecule has 1 saturated heterocycles. The average molecular weight is 377 g/mol. The quantitative estimate of drug-likeness (QED) is 0.889. The van der Waals surface area contributed by atoms with Crippen molar-refractivity contribution in [2.24, 2.45) is 5.92 Å². The Kier molecular flexibility index (Phi) is 5.53. The molecule has 1 aromatic heterocycles. The number of halogens is 2. The van der Waals surface area contributed by atoms with Gasteiger partial charge in [-0.05, 0) is 44.9 Å². The van der Waals surface area contributed by atoms with E-state index in [1.54, 1.807) is 4.90 Å². The van der Waals surface area contributed by atoms with Crippen molar-refractivity contribution in [2.45, 2.75) is 32.7 Å². The van der Waals surface area contributed by atoms with Gasteiger partial charge in [0.05, 0.1) is 5.92 Å². The van der Waals surface area contributed by atoms with Crippen LogP contribution >= 0.6 is 0 Å². The summed E-state index contributed by atoms with van der Waals surface area (Å²) in [7, 11) is 0. The zero-order valence-electron chi connectivity index (χ0n) is 15.2.